The Hall–Kier alpha value is -4.46. The van der Waals surface area contributed by atoms with Crippen LogP contribution in [0.3, 0.4) is 0 Å². The van der Waals surface area contributed by atoms with Crippen molar-refractivity contribution in [1.29, 1.82) is 0 Å². The summed E-state index contributed by atoms with van der Waals surface area (Å²) in [5, 5.41) is 8.14. The van der Waals surface area contributed by atoms with Gasteiger partial charge in [0, 0.05) is 16.7 Å². The summed E-state index contributed by atoms with van der Waals surface area (Å²) in [6.45, 7) is 2.07. The molecular weight excluding hydrogens is 456 g/mol. The van der Waals surface area contributed by atoms with Crippen LogP contribution in [0.25, 0.3) is 5.70 Å². The minimum Gasteiger partial charge on any atom is -0.496 e. The Labute approximate surface area is 209 Å². The molecule has 6 rings (SSSR count). The molecule has 0 aliphatic carbocycles. The number of nitrogens with one attached hydrogen (secondary N) is 1. The lowest BCUT2D eigenvalue weighted by molar-refractivity contribution is 0.217. The maximum atomic E-state index is 6.73. The number of methoxy groups -OCH3 is 3. The average molecular weight is 483 g/mol. The second kappa shape index (κ2) is 8.64. The third-order valence-corrected chi connectivity index (χ3v) is 6.71. The van der Waals surface area contributed by atoms with Gasteiger partial charge in [0.25, 0.3) is 0 Å². The zero-order valence-electron chi connectivity index (χ0n) is 20.5. The molecule has 0 saturated heterocycles. The number of aryl methyl sites for hydroxylation is 1. The van der Waals surface area contributed by atoms with Crippen molar-refractivity contribution in [2.45, 2.75) is 19.1 Å². The van der Waals surface area contributed by atoms with Crippen LogP contribution in [0.15, 0.2) is 72.6 Å². The standard InChI is InChI=1S/C28H26N4O4/c1-16-9-11-21-19(13-16)25-24(27(36-21)18-7-5-6-8-20(18)33-2)26(32-28(31-25)29-15-30-32)17-10-12-22(34-3)23(14-17)35-4/h5-15,26-27H,1-4H3,(H,29,30,31)/t26-,27+/m0/s1. The molecule has 182 valence electrons. The quantitative estimate of drug-likeness (QED) is 0.420. The molecule has 3 aromatic carbocycles. The minimum absolute atomic E-state index is 0.317. The van der Waals surface area contributed by atoms with Crippen LogP contribution in [0.4, 0.5) is 5.95 Å². The monoisotopic (exact) mass is 482 g/mol. The predicted molar refractivity (Wildman–Crippen MR) is 136 cm³/mol. The van der Waals surface area contributed by atoms with Crippen molar-refractivity contribution in [3.8, 4) is 23.0 Å². The van der Waals surface area contributed by atoms with E-state index in [1.165, 1.54) is 0 Å². The summed E-state index contributed by atoms with van der Waals surface area (Å²) in [6.07, 6.45) is 1.12. The number of anilines is 1. The molecule has 36 heavy (non-hydrogen) atoms. The Morgan fingerprint density at radius 3 is 2.50 bits per heavy atom. The van der Waals surface area contributed by atoms with Crippen molar-refractivity contribution in [3.05, 3.63) is 94.8 Å². The normalized spacial score (nSPS) is 17.8. The van der Waals surface area contributed by atoms with Crippen LogP contribution in [-0.4, -0.2) is 36.1 Å². The van der Waals surface area contributed by atoms with Crippen molar-refractivity contribution in [3.63, 3.8) is 0 Å². The van der Waals surface area contributed by atoms with E-state index in [9.17, 15) is 0 Å². The lowest BCUT2D eigenvalue weighted by atomic mass is 9.84. The molecule has 2 aliphatic rings. The van der Waals surface area contributed by atoms with Crippen LogP contribution < -0.4 is 24.3 Å². The number of hydrogen-bond acceptors (Lipinski definition) is 7. The highest BCUT2D eigenvalue weighted by atomic mass is 16.5. The van der Waals surface area contributed by atoms with E-state index in [0.717, 1.165) is 45.0 Å². The van der Waals surface area contributed by atoms with Gasteiger partial charge in [-0.15, -0.1) is 0 Å². The van der Waals surface area contributed by atoms with Crippen LogP contribution in [0.1, 0.15) is 34.4 Å². The molecule has 1 aromatic heterocycles. The van der Waals surface area contributed by atoms with E-state index >= 15 is 0 Å². The molecule has 4 aromatic rings. The average Bonchev–Trinajstić information content (AvgIpc) is 3.39. The van der Waals surface area contributed by atoms with Crippen LogP contribution >= 0.6 is 0 Å². The summed E-state index contributed by atoms with van der Waals surface area (Å²) in [5.41, 5.74) is 5.97. The predicted octanol–water partition coefficient (Wildman–Crippen LogP) is 5.17. The van der Waals surface area contributed by atoms with E-state index < -0.39 is 6.10 Å². The first kappa shape index (κ1) is 22.0. The van der Waals surface area contributed by atoms with Crippen molar-refractivity contribution in [1.82, 2.24) is 14.8 Å². The van der Waals surface area contributed by atoms with E-state index in [4.69, 9.17) is 18.9 Å². The second-order valence-corrected chi connectivity index (χ2v) is 8.74. The number of nitrogens with zero attached hydrogens (tertiary/aromatic N) is 3. The van der Waals surface area contributed by atoms with Gasteiger partial charge >= 0.3 is 0 Å². The molecule has 0 fully saturated rings. The number of aromatic nitrogens is 3. The molecule has 0 amide bonds. The molecule has 0 bridgehead atoms. The number of rotatable bonds is 5. The van der Waals surface area contributed by atoms with Gasteiger partial charge in [-0.05, 0) is 42.8 Å². The Morgan fingerprint density at radius 1 is 0.889 bits per heavy atom. The van der Waals surface area contributed by atoms with Gasteiger partial charge < -0.3 is 24.3 Å². The van der Waals surface area contributed by atoms with Crippen molar-refractivity contribution in [2.75, 3.05) is 26.6 Å². The van der Waals surface area contributed by atoms with E-state index in [-0.39, 0.29) is 6.04 Å². The van der Waals surface area contributed by atoms with Crippen molar-refractivity contribution < 1.29 is 18.9 Å². The second-order valence-electron chi connectivity index (χ2n) is 8.74. The highest BCUT2D eigenvalue weighted by Gasteiger charge is 2.42. The van der Waals surface area contributed by atoms with Crippen LogP contribution in [0, 0.1) is 6.92 Å². The van der Waals surface area contributed by atoms with Crippen LogP contribution in [0.5, 0.6) is 23.0 Å². The fraction of sp³-hybridized carbons (Fsp3) is 0.214. The summed E-state index contributed by atoms with van der Waals surface area (Å²) in [5.74, 6) is 3.49. The lowest BCUT2D eigenvalue weighted by Gasteiger charge is -2.39. The van der Waals surface area contributed by atoms with E-state index in [1.807, 2.05) is 53.2 Å². The van der Waals surface area contributed by atoms with E-state index in [2.05, 4.69) is 34.5 Å². The first-order chi connectivity index (χ1) is 17.6. The summed E-state index contributed by atoms with van der Waals surface area (Å²) in [7, 11) is 4.94. The van der Waals surface area contributed by atoms with Gasteiger partial charge in [0.1, 0.15) is 23.9 Å². The molecule has 0 saturated carbocycles. The van der Waals surface area contributed by atoms with Gasteiger partial charge in [-0.2, -0.15) is 10.1 Å². The Kier molecular flexibility index (Phi) is 5.29. The third-order valence-electron chi connectivity index (χ3n) is 6.71. The number of fused-ring (bicyclic) bond motifs is 3. The lowest BCUT2D eigenvalue weighted by Crippen LogP contribution is -2.32. The third kappa shape index (κ3) is 3.37. The van der Waals surface area contributed by atoms with Gasteiger partial charge in [0.15, 0.2) is 17.6 Å². The SMILES string of the molecule is COc1ccc([C@H]2C3=C(Nc4ncnn42)c2cc(C)ccc2O[C@@H]3c2ccccc2OC)cc1OC. The van der Waals surface area contributed by atoms with Gasteiger partial charge in [0.2, 0.25) is 5.95 Å². The number of ether oxygens (including phenoxy) is 4. The minimum atomic E-state index is -0.436. The molecule has 0 radical (unpaired) electrons. The summed E-state index contributed by atoms with van der Waals surface area (Å²) in [4.78, 5) is 4.51. The molecule has 2 aliphatic heterocycles. The number of benzene rings is 3. The molecular formula is C28H26N4O4. The van der Waals surface area contributed by atoms with E-state index in [1.54, 1.807) is 27.7 Å². The summed E-state index contributed by atoms with van der Waals surface area (Å²) < 4.78 is 25.5. The van der Waals surface area contributed by atoms with Gasteiger partial charge in [-0.3, -0.25) is 0 Å². The smallest absolute Gasteiger partial charge is 0.226 e. The van der Waals surface area contributed by atoms with Crippen LogP contribution in [0.2, 0.25) is 0 Å². The molecule has 2 atom stereocenters. The van der Waals surface area contributed by atoms with Crippen molar-refractivity contribution >= 4 is 11.6 Å². The molecule has 1 N–H and O–H groups in total. The first-order valence-corrected chi connectivity index (χ1v) is 11.7. The summed E-state index contributed by atoms with van der Waals surface area (Å²) >= 11 is 0. The van der Waals surface area contributed by atoms with Crippen molar-refractivity contribution in [2.24, 2.45) is 0 Å². The summed E-state index contributed by atoms with van der Waals surface area (Å²) in [6, 6.07) is 19.7. The zero-order valence-corrected chi connectivity index (χ0v) is 20.5. The number of para-hydroxylation sites is 1. The highest BCUT2D eigenvalue weighted by molar-refractivity contribution is 5.85. The van der Waals surface area contributed by atoms with Gasteiger partial charge in [-0.1, -0.05) is 35.9 Å². The Bertz CT molecular complexity index is 1490. The van der Waals surface area contributed by atoms with E-state index in [0.29, 0.717) is 17.4 Å². The van der Waals surface area contributed by atoms with Gasteiger partial charge in [0.05, 0.1) is 27.0 Å². The fourth-order valence-electron chi connectivity index (χ4n) is 5.07. The maximum absolute atomic E-state index is 6.73. The number of hydrogen-bond donors (Lipinski definition) is 1. The fourth-order valence-corrected chi connectivity index (χ4v) is 5.07. The maximum Gasteiger partial charge on any atom is 0.226 e. The molecule has 0 spiro atoms. The van der Waals surface area contributed by atoms with Crippen LogP contribution in [-0.2, 0) is 0 Å². The Balaban J connectivity index is 1.64. The zero-order chi connectivity index (χ0) is 24.8. The highest BCUT2D eigenvalue weighted by Crippen LogP contribution is 2.52. The van der Waals surface area contributed by atoms with Gasteiger partial charge in [-0.25, -0.2) is 4.68 Å². The first-order valence-electron chi connectivity index (χ1n) is 11.7. The molecule has 8 heteroatoms. The Morgan fingerprint density at radius 2 is 1.69 bits per heavy atom. The molecule has 3 heterocycles. The molecule has 0 unspecified atom stereocenters. The topological polar surface area (TPSA) is 79.7 Å². The molecule has 8 nitrogen and oxygen atoms in total. The largest absolute Gasteiger partial charge is 0.496 e.